The van der Waals surface area contributed by atoms with Crippen molar-refractivity contribution in [1.82, 2.24) is 9.97 Å². The molecule has 0 aliphatic rings. The van der Waals surface area contributed by atoms with Crippen molar-refractivity contribution >= 4 is 0 Å². The second kappa shape index (κ2) is 8.01. The van der Waals surface area contributed by atoms with Crippen LogP contribution in [0, 0.1) is 16.7 Å². The maximum atomic E-state index is 9.03. The zero-order valence-electron chi connectivity index (χ0n) is 15.9. The minimum atomic E-state index is 0.0361. The lowest BCUT2D eigenvalue weighted by Gasteiger charge is -2.32. The molecule has 136 valence electrons. The molecule has 1 unspecified atom stereocenters. The number of benzene rings is 2. The van der Waals surface area contributed by atoms with Crippen molar-refractivity contribution in [2.45, 2.75) is 33.3 Å². The first-order valence-electron chi connectivity index (χ1n) is 8.96. The van der Waals surface area contributed by atoms with Gasteiger partial charge < -0.3 is 4.74 Å². The summed E-state index contributed by atoms with van der Waals surface area (Å²) >= 11 is 0. The average molecular weight is 357 g/mol. The molecule has 27 heavy (non-hydrogen) atoms. The van der Waals surface area contributed by atoms with E-state index in [1.165, 1.54) is 11.1 Å². The molecule has 3 aromatic rings. The largest absolute Gasteiger partial charge is 0.486 e. The van der Waals surface area contributed by atoms with Crippen molar-refractivity contribution in [2.24, 2.45) is 5.41 Å². The zero-order valence-corrected chi connectivity index (χ0v) is 15.9. The van der Waals surface area contributed by atoms with Gasteiger partial charge in [0, 0.05) is 18.3 Å². The lowest BCUT2D eigenvalue weighted by Crippen LogP contribution is -2.19. The van der Waals surface area contributed by atoms with Gasteiger partial charge in [0.15, 0.2) is 5.82 Å². The molecule has 0 amide bonds. The summed E-state index contributed by atoms with van der Waals surface area (Å²) in [7, 11) is 0. The smallest absolute Gasteiger partial charge is 0.166 e. The Hall–Kier alpha value is -3.19. The first-order valence-corrected chi connectivity index (χ1v) is 8.96. The Labute approximate surface area is 160 Å². The van der Waals surface area contributed by atoms with Gasteiger partial charge in [-0.2, -0.15) is 5.26 Å². The summed E-state index contributed by atoms with van der Waals surface area (Å²) in [4.78, 5) is 8.33. The van der Waals surface area contributed by atoms with Crippen molar-refractivity contribution in [2.75, 3.05) is 0 Å². The van der Waals surface area contributed by atoms with E-state index in [4.69, 9.17) is 10.00 Å². The van der Waals surface area contributed by atoms with Crippen LogP contribution in [0.1, 0.15) is 49.2 Å². The van der Waals surface area contributed by atoms with E-state index in [2.05, 4.69) is 48.9 Å². The van der Waals surface area contributed by atoms with Crippen molar-refractivity contribution < 1.29 is 4.74 Å². The Morgan fingerprint density at radius 2 is 1.48 bits per heavy atom. The molecule has 1 heterocycles. The number of ether oxygens (including phenoxy) is 1. The molecule has 2 aromatic carbocycles. The maximum absolute atomic E-state index is 9.03. The highest BCUT2D eigenvalue weighted by molar-refractivity contribution is 5.40. The quantitative estimate of drug-likeness (QED) is 0.637. The van der Waals surface area contributed by atoms with Gasteiger partial charge >= 0.3 is 0 Å². The molecule has 0 aliphatic heterocycles. The second-order valence-electron chi connectivity index (χ2n) is 7.56. The second-order valence-corrected chi connectivity index (χ2v) is 7.56. The average Bonchev–Trinajstić information content (AvgIpc) is 2.68. The fourth-order valence-electron chi connectivity index (χ4n) is 3.25. The fraction of sp³-hybridized carbons (Fsp3) is 0.261. The van der Waals surface area contributed by atoms with Gasteiger partial charge in [-0.3, -0.25) is 0 Å². The monoisotopic (exact) mass is 357 g/mol. The van der Waals surface area contributed by atoms with Crippen LogP contribution < -0.4 is 4.74 Å². The van der Waals surface area contributed by atoms with E-state index in [-0.39, 0.29) is 11.3 Å². The van der Waals surface area contributed by atoms with Gasteiger partial charge in [-0.15, -0.1) is 0 Å². The van der Waals surface area contributed by atoms with E-state index in [9.17, 15) is 0 Å². The third-order valence-electron chi connectivity index (χ3n) is 4.44. The molecule has 0 bridgehead atoms. The summed E-state index contributed by atoms with van der Waals surface area (Å²) in [5, 5.41) is 9.03. The summed E-state index contributed by atoms with van der Waals surface area (Å²) < 4.78 is 5.79. The number of aromatic nitrogens is 2. The molecule has 3 rings (SSSR count). The van der Waals surface area contributed by atoms with Crippen LogP contribution in [0.3, 0.4) is 0 Å². The molecule has 4 heteroatoms. The van der Waals surface area contributed by atoms with Gasteiger partial charge in [0.25, 0.3) is 0 Å². The predicted molar refractivity (Wildman–Crippen MR) is 105 cm³/mol. The standard InChI is InChI=1S/C23H23N3O/c1-23(2,3)22(18-7-5-17(15-24)6-8-18)19-9-11-20(12-10-19)27-16-21-25-13-4-14-26-21/h4-14,22H,16H2,1-3H3. The molecule has 0 N–H and O–H groups in total. The SMILES string of the molecule is CC(C)(C)C(c1ccc(C#N)cc1)c1ccc(OCc2ncccn2)cc1. The van der Waals surface area contributed by atoms with Crippen LogP contribution in [0.5, 0.6) is 5.75 Å². The number of nitrogens with zero attached hydrogens (tertiary/aromatic N) is 3. The Morgan fingerprint density at radius 1 is 0.926 bits per heavy atom. The molecule has 1 atom stereocenters. The zero-order chi connectivity index (χ0) is 19.3. The van der Waals surface area contributed by atoms with Crippen LogP contribution >= 0.6 is 0 Å². The van der Waals surface area contributed by atoms with Crippen molar-refractivity contribution in [3.63, 3.8) is 0 Å². The van der Waals surface area contributed by atoms with Crippen molar-refractivity contribution in [3.05, 3.63) is 89.5 Å². The number of hydrogen-bond donors (Lipinski definition) is 0. The van der Waals surface area contributed by atoms with Crippen molar-refractivity contribution in [1.29, 1.82) is 5.26 Å². The molecule has 0 spiro atoms. The van der Waals surface area contributed by atoms with Crippen LogP contribution in [0.25, 0.3) is 0 Å². The van der Waals surface area contributed by atoms with E-state index in [0.717, 1.165) is 5.75 Å². The van der Waals surface area contributed by atoms with E-state index in [0.29, 0.717) is 18.0 Å². The molecule has 0 fully saturated rings. The molecular formula is C23H23N3O. The molecule has 0 saturated heterocycles. The van der Waals surface area contributed by atoms with E-state index in [1.54, 1.807) is 18.5 Å². The topological polar surface area (TPSA) is 58.8 Å². The van der Waals surface area contributed by atoms with Crippen LogP contribution in [0.15, 0.2) is 67.0 Å². The Morgan fingerprint density at radius 3 is 2.00 bits per heavy atom. The molecule has 1 aromatic heterocycles. The van der Waals surface area contributed by atoms with E-state index in [1.807, 2.05) is 36.4 Å². The van der Waals surface area contributed by atoms with Gasteiger partial charge in [-0.1, -0.05) is 45.0 Å². The van der Waals surface area contributed by atoms with Gasteiger partial charge in [-0.25, -0.2) is 9.97 Å². The first kappa shape index (κ1) is 18.6. The molecule has 4 nitrogen and oxygen atoms in total. The van der Waals surface area contributed by atoms with Gasteiger partial charge in [-0.05, 0) is 46.9 Å². The highest BCUT2D eigenvalue weighted by Gasteiger charge is 2.27. The highest BCUT2D eigenvalue weighted by Crippen LogP contribution is 2.40. The molecule has 0 radical (unpaired) electrons. The number of hydrogen-bond acceptors (Lipinski definition) is 4. The van der Waals surface area contributed by atoms with E-state index >= 15 is 0 Å². The summed E-state index contributed by atoms with van der Waals surface area (Å²) in [5.41, 5.74) is 3.13. The maximum Gasteiger partial charge on any atom is 0.166 e. The molecule has 0 saturated carbocycles. The number of nitriles is 1. The fourth-order valence-corrected chi connectivity index (χ4v) is 3.25. The van der Waals surface area contributed by atoms with Crippen LogP contribution in [0.2, 0.25) is 0 Å². The molecule has 0 aliphatic carbocycles. The summed E-state index contributed by atoms with van der Waals surface area (Å²) in [6.45, 7) is 7.03. The van der Waals surface area contributed by atoms with Gasteiger partial charge in [0.2, 0.25) is 0 Å². The predicted octanol–water partition coefficient (Wildman–Crippen LogP) is 5.11. The number of rotatable bonds is 5. The molecular weight excluding hydrogens is 334 g/mol. The lowest BCUT2D eigenvalue weighted by molar-refractivity contribution is 0.295. The summed E-state index contributed by atoms with van der Waals surface area (Å²) in [6.07, 6.45) is 3.42. The third-order valence-corrected chi connectivity index (χ3v) is 4.44. The summed E-state index contributed by atoms with van der Waals surface area (Å²) in [6, 6.07) is 20.0. The van der Waals surface area contributed by atoms with Gasteiger partial charge in [0.1, 0.15) is 12.4 Å². The minimum absolute atomic E-state index is 0.0361. The van der Waals surface area contributed by atoms with Crippen LogP contribution in [-0.2, 0) is 6.61 Å². The minimum Gasteiger partial charge on any atom is -0.486 e. The lowest BCUT2D eigenvalue weighted by atomic mass is 9.72. The Balaban J connectivity index is 1.80. The van der Waals surface area contributed by atoms with Crippen LogP contribution in [-0.4, -0.2) is 9.97 Å². The third kappa shape index (κ3) is 4.71. The summed E-state index contributed by atoms with van der Waals surface area (Å²) in [5.74, 6) is 1.67. The van der Waals surface area contributed by atoms with Crippen LogP contribution in [0.4, 0.5) is 0 Å². The highest BCUT2D eigenvalue weighted by atomic mass is 16.5. The Bertz CT molecular complexity index is 905. The normalized spacial score (nSPS) is 12.2. The van der Waals surface area contributed by atoms with Crippen molar-refractivity contribution in [3.8, 4) is 11.8 Å². The Kier molecular flexibility index (Phi) is 5.52. The first-order chi connectivity index (χ1) is 13.0. The van der Waals surface area contributed by atoms with Gasteiger partial charge in [0.05, 0.1) is 11.6 Å². The van der Waals surface area contributed by atoms with E-state index < -0.39 is 0 Å².